The number of hydrogen-bond donors (Lipinski definition) is 1. The van der Waals surface area contributed by atoms with E-state index in [4.69, 9.17) is 0 Å². The third kappa shape index (κ3) is 3.62. The predicted octanol–water partition coefficient (Wildman–Crippen LogP) is 2.63. The van der Waals surface area contributed by atoms with Crippen LogP contribution in [-0.4, -0.2) is 17.4 Å². The average molecular weight is 276 g/mol. The van der Waals surface area contributed by atoms with Gasteiger partial charge >= 0.3 is 0 Å². The van der Waals surface area contributed by atoms with Crippen LogP contribution in [0.15, 0.2) is 41.8 Å². The van der Waals surface area contributed by atoms with Crippen molar-refractivity contribution < 1.29 is 9.72 Å². The fourth-order valence-corrected chi connectivity index (χ4v) is 2.33. The molecule has 0 saturated heterocycles. The molecule has 0 aliphatic carbocycles. The molecule has 1 N–H and O–H groups in total. The van der Waals surface area contributed by atoms with Crippen LogP contribution in [0.25, 0.3) is 0 Å². The molecule has 0 radical (unpaired) electrons. The number of hydrogen-bond acceptors (Lipinski definition) is 4. The lowest BCUT2D eigenvalue weighted by Crippen LogP contribution is -2.25. The van der Waals surface area contributed by atoms with Crippen molar-refractivity contribution in [2.75, 3.05) is 6.54 Å². The SMILES string of the molecule is O=C(NCCc1cccs1)c1cccc([N+](=O)[O-])c1. The molecule has 98 valence electrons. The number of nitrogens with zero attached hydrogens (tertiary/aromatic N) is 1. The van der Waals surface area contributed by atoms with Gasteiger partial charge in [0.05, 0.1) is 4.92 Å². The molecular weight excluding hydrogens is 264 g/mol. The van der Waals surface area contributed by atoms with E-state index in [1.54, 1.807) is 17.4 Å². The third-order valence-corrected chi connectivity index (χ3v) is 3.49. The lowest BCUT2D eigenvalue weighted by Gasteiger charge is -2.04. The van der Waals surface area contributed by atoms with Crippen LogP contribution in [0.1, 0.15) is 15.2 Å². The zero-order valence-electron chi connectivity index (χ0n) is 10.0. The average Bonchev–Trinajstić information content (AvgIpc) is 2.92. The quantitative estimate of drug-likeness (QED) is 0.674. The van der Waals surface area contributed by atoms with Crippen molar-refractivity contribution in [2.24, 2.45) is 0 Å². The summed E-state index contributed by atoms with van der Waals surface area (Å²) in [4.78, 5) is 23.1. The summed E-state index contributed by atoms with van der Waals surface area (Å²) in [6, 6.07) is 9.68. The first-order valence-corrected chi connectivity index (χ1v) is 6.60. The van der Waals surface area contributed by atoms with Crippen LogP contribution in [0, 0.1) is 10.1 Å². The van der Waals surface area contributed by atoms with Crippen LogP contribution in [0.2, 0.25) is 0 Å². The minimum atomic E-state index is -0.511. The molecule has 0 fully saturated rings. The first-order valence-electron chi connectivity index (χ1n) is 5.72. The zero-order chi connectivity index (χ0) is 13.7. The molecule has 0 saturated carbocycles. The van der Waals surface area contributed by atoms with Crippen LogP contribution >= 0.6 is 11.3 Å². The van der Waals surface area contributed by atoms with Gasteiger partial charge in [0.2, 0.25) is 0 Å². The molecule has 0 atom stereocenters. The maximum absolute atomic E-state index is 11.8. The molecule has 1 aromatic heterocycles. The Morgan fingerprint density at radius 3 is 2.84 bits per heavy atom. The fourth-order valence-electron chi connectivity index (χ4n) is 1.62. The van der Waals surface area contributed by atoms with E-state index in [-0.39, 0.29) is 11.6 Å². The summed E-state index contributed by atoms with van der Waals surface area (Å²) in [5.74, 6) is -0.291. The number of nitrogens with one attached hydrogen (secondary N) is 1. The molecule has 5 nitrogen and oxygen atoms in total. The Morgan fingerprint density at radius 2 is 2.16 bits per heavy atom. The Balaban J connectivity index is 1.92. The van der Waals surface area contributed by atoms with E-state index >= 15 is 0 Å². The number of carbonyl (C=O) groups is 1. The van der Waals surface area contributed by atoms with Crippen molar-refractivity contribution >= 4 is 22.9 Å². The Labute approximate surface area is 114 Å². The molecule has 2 aromatic rings. The molecule has 0 unspecified atom stereocenters. The highest BCUT2D eigenvalue weighted by molar-refractivity contribution is 7.09. The monoisotopic (exact) mass is 276 g/mol. The van der Waals surface area contributed by atoms with Crippen molar-refractivity contribution in [2.45, 2.75) is 6.42 Å². The minimum absolute atomic E-state index is 0.0779. The van der Waals surface area contributed by atoms with Crippen LogP contribution in [0.5, 0.6) is 0 Å². The highest BCUT2D eigenvalue weighted by atomic mass is 32.1. The Bertz CT molecular complexity index is 581. The van der Waals surface area contributed by atoms with E-state index in [0.717, 1.165) is 6.42 Å². The molecular formula is C13H12N2O3S. The molecule has 19 heavy (non-hydrogen) atoms. The number of carbonyl (C=O) groups excluding carboxylic acids is 1. The lowest BCUT2D eigenvalue weighted by atomic mass is 10.2. The zero-order valence-corrected chi connectivity index (χ0v) is 10.9. The van der Waals surface area contributed by atoms with Crippen LogP contribution in [0.3, 0.4) is 0 Å². The molecule has 1 aromatic carbocycles. The summed E-state index contributed by atoms with van der Waals surface area (Å²) in [5.41, 5.74) is 0.228. The standard InChI is InChI=1S/C13H12N2O3S/c16-13(14-7-6-12-5-2-8-19-12)10-3-1-4-11(9-10)15(17)18/h1-5,8-9H,6-7H2,(H,14,16). The number of non-ortho nitro benzene ring substituents is 1. The predicted molar refractivity (Wildman–Crippen MR) is 73.5 cm³/mol. The topological polar surface area (TPSA) is 72.2 Å². The molecule has 0 bridgehead atoms. The molecule has 1 heterocycles. The second-order valence-corrected chi connectivity index (χ2v) is 4.92. The summed E-state index contributed by atoms with van der Waals surface area (Å²) >= 11 is 1.64. The van der Waals surface area contributed by atoms with Gasteiger partial charge in [-0.1, -0.05) is 12.1 Å². The smallest absolute Gasteiger partial charge is 0.270 e. The second kappa shape index (κ2) is 6.10. The molecule has 0 aliphatic heterocycles. The number of nitro benzene ring substituents is 1. The van der Waals surface area contributed by atoms with Gasteiger partial charge in [0.15, 0.2) is 0 Å². The van der Waals surface area contributed by atoms with E-state index < -0.39 is 4.92 Å². The van der Waals surface area contributed by atoms with Gasteiger partial charge in [0.1, 0.15) is 0 Å². The third-order valence-electron chi connectivity index (χ3n) is 2.56. The first kappa shape index (κ1) is 13.2. The van der Waals surface area contributed by atoms with E-state index in [9.17, 15) is 14.9 Å². The normalized spacial score (nSPS) is 10.1. The number of amides is 1. The number of benzene rings is 1. The van der Waals surface area contributed by atoms with Crippen molar-refractivity contribution in [1.29, 1.82) is 0 Å². The Hall–Kier alpha value is -2.21. The summed E-state index contributed by atoms with van der Waals surface area (Å²) in [6.07, 6.45) is 0.762. The highest BCUT2D eigenvalue weighted by Gasteiger charge is 2.10. The van der Waals surface area contributed by atoms with Crippen molar-refractivity contribution in [3.05, 3.63) is 62.3 Å². The molecule has 0 spiro atoms. The lowest BCUT2D eigenvalue weighted by molar-refractivity contribution is -0.384. The summed E-state index contributed by atoms with van der Waals surface area (Å²) in [7, 11) is 0. The number of rotatable bonds is 5. The van der Waals surface area contributed by atoms with Gasteiger partial charge in [-0.2, -0.15) is 0 Å². The number of nitro groups is 1. The van der Waals surface area contributed by atoms with Crippen LogP contribution < -0.4 is 5.32 Å². The van der Waals surface area contributed by atoms with E-state index in [1.165, 1.54) is 23.1 Å². The van der Waals surface area contributed by atoms with Gasteiger partial charge in [0.25, 0.3) is 11.6 Å². The van der Waals surface area contributed by atoms with Gasteiger partial charge in [-0.25, -0.2) is 0 Å². The van der Waals surface area contributed by atoms with Crippen LogP contribution in [0.4, 0.5) is 5.69 Å². The maximum Gasteiger partial charge on any atom is 0.270 e. The van der Waals surface area contributed by atoms with Gasteiger partial charge in [-0.05, 0) is 23.9 Å². The van der Waals surface area contributed by atoms with Gasteiger partial charge in [-0.3, -0.25) is 14.9 Å². The number of thiophene rings is 1. The van der Waals surface area contributed by atoms with Gasteiger partial charge in [0, 0.05) is 29.1 Å². The Morgan fingerprint density at radius 1 is 1.32 bits per heavy atom. The first-order chi connectivity index (χ1) is 9.16. The minimum Gasteiger partial charge on any atom is -0.352 e. The summed E-state index contributed by atoms with van der Waals surface area (Å²) < 4.78 is 0. The van der Waals surface area contributed by atoms with Gasteiger partial charge < -0.3 is 5.32 Å². The van der Waals surface area contributed by atoms with Gasteiger partial charge in [-0.15, -0.1) is 11.3 Å². The molecule has 6 heteroatoms. The van der Waals surface area contributed by atoms with Crippen molar-refractivity contribution in [1.82, 2.24) is 5.32 Å². The summed E-state index contributed by atoms with van der Waals surface area (Å²) in [5, 5.41) is 15.4. The van der Waals surface area contributed by atoms with E-state index in [1.807, 2.05) is 17.5 Å². The largest absolute Gasteiger partial charge is 0.352 e. The maximum atomic E-state index is 11.8. The van der Waals surface area contributed by atoms with Crippen LogP contribution in [-0.2, 0) is 6.42 Å². The molecule has 1 amide bonds. The van der Waals surface area contributed by atoms with Crippen molar-refractivity contribution in [3.8, 4) is 0 Å². The van der Waals surface area contributed by atoms with E-state index in [0.29, 0.717) is 12.1 Å². The highest BCUT2D eigenvalue weighted by Crippen LogP contribution is 2.13. The molecule has 2 rings (SSSR count). The fraction of sp³-hybridized carbons (Fsp3) is 0.154. The second-order valence-electron chi connectivity index (χ2n) is 3.89. The Kier molecular flexibility index (Phi) is 4.25. The van der Waals surface area contributed by atoms with Crippen molar-refractivity contribution in [3.63, 3.8) is 0 Å². The summed E-state index contributed by atoms with van der Waals surface area (Å²) in [6.45, 7) is 0.516. The van der Waals surface area contributed by atoms with E-state index in [2.05, 4.69) is 5.32 Å². The molecule has 0 aliphatic rings.